The Labute approximate surface area is 113 Å². The fourth-order valence-electron chi connectivity index (χ4n) is 2.87. The van der Waals surface area contributed by atoms with E-state index in [-0.39, 0.29) is 18.2 Å². The first kappa shape index (κ1) is 12.9. The average molecular weight is 266 g/mol. The molecule has 19 heavy (non-hydrogen) atoms. The second kappa shape index (κ2) is 5.11. The molecule has 0 aromatic heterocycles. The highest BCUT2D eigenvalue weighted by molar-refractivity contribution is 5.83. The summed E-state index contributed by atoms with van der Waals surface area (Å²) in [5.41, 5.74) is 0.790. The lowest BCUT2D eigenvalue weighted by molar-refractivity contribution is 0.0822. The molecule has 2 unspecified atom stereocenters. The van der Waals surface area contributed by atoms with Gasteiger partial charge in [0.05, 0.1) is 18.2 Å². The molecule has 3 heterocycles. The lowest BCUT2D eigenvalue weighted by Gasteiger charge is -2.29. The van der Waals surface area contributed by atoms with Crippen molar-refractivity contribution >= 4 is 5.96 Å². The standard InChI is InChI=1S/C13H22N4O2/c1-13(8-18)10-6-14-12(17-11(10)7-15-13)16-9-2-4-19-5-3-9/h6,9,11,15,18H,2-5,7-8H2,1H3,(H2,14,16,17). The highest BCUT2D eigenvalue weighted by Gasteiger charge is 2.41. The first-order chi connectivity index (χ1) is 9.21. The monoisotopic (exact) mass is 266 g/mol. The van der Waals surface area contributed by atoms with Crippen molar-refractivity contribution in [2.75, 3.05) is 26.4 Å². The summed E-state index contributed by atoms with van der Waals surface area (Å²) in [4.78, 5) is 4.69. The minimum absolute atomic E-state index is 0.0925. The van der Waals surface area contributed by atoms with Crippen molar-refractivity contribution in [2.24, 2.45) is 4.99 Å². The van der Waals surface area contributed by atoms with Crippen LogP contribution in [0.5, 0.6) is 0 Å². The van der Waals surface area contributed by atoms with Crippen LogP contribution in [0.15, 0.2) is 16.8 Å². The number of hydrogen-bond acceptors (Lipinski definition) is 6. The molecule has 3 aliphatic rings. The third kappa shape index (κ3) is 2.48. The molecule has 3 aliphatic heterocycles. The zero-order valence-corrected chi connectivity index (χ0v) is 11.3. The van der Waals surface area contributed by atoms with E-state index in [1.54, 1.807) is 0 Å². The molecule has 0 bridgehead atoms. The number of hydrogen-bond donors (Lipinski definition) is 4. The minimum atomic E-state index is -0.342. The number of ether oxygens (including phenoxy) is 1. The van der Waals surface area contributed by atoms with Crippen LogP contribution >= 0.6 is 0 Å². The molecule has 2 saturated heterocycles. The van der Waals surface area contributed by atoms with Crippen LogP contribution in [0.25, 0.3) is 0 Å². The molecule has 0 aliphatic carbocycles. The molecule has 106 valence electrons. The van der Waals surface area contributed by atoms with Gasteiger partial charge < -0.3 is 25.8 Å². The van der Waals surface area contributed by atoms with Gasteiger partial charge in [0, 0.05) is 32.0 Å². The average Bonchev–Trinajstić information content (AvgIpc) is 2.78. The van der Waals surface area contributed by atoms with Gasteiger partial charge in [-0.1, -0.05) is 0 Å². The van der Waals surface area contributed by atoms with Crippen molar-refractivity contribution in [2.45, 2.75) is 37.4 Å². The maximum Gasteiger partial charge on any atom is 0.196 e. The van der Waals surface area contributed by atoms with E-state index >= 15 is 0 Å². The third-order valence-corrected chi connectivity index (χ3v) is 4.21. The van der Waals surface area contributed by atoms with Crippen molar-refractivity contribution in [1.29, 1.82) is 0 Å². The molecule has 0 aromatic rings. The Morgan fingerprint density at radius 3 is 3.05 bits per heavy atom. The van der Waals surface area contributed by atoms with Gasteiger partial charge in [-0.05, 0) is 25.3 Å². The Balaban J connectivity index is 1.64. The van der Waals surface area contributed by atoms with Crippen molar-refractivity contribution in [3.05, 3.63) is 11.8 Å². The Morgan fingerprint density at radius 1 is 1.53 bits per heavy atom. The summed E-state index contributed by atoms with van der Waals surface area (Å²) in [6.07, 6.45) is 4.03. The summed E-state index contributed by atoms with van der Waals surface area (Å²) in [7, 11) is 0. The van der Waals surface area contributed by atoms with E-state index < -0.39 is 0 Å². The number of aliphatic hydroxyl groups is 1. The number of nitrogens with one attached hydrogen (secondary N) is 3. The molecule has 4 N–H and O–H groups in total. The summed E-state index contributed by atoms with van der Waals surface area (Å²) in [5.74, 6) is 0.838. The van der Waals surface area contributed by atoms with Crippen molar-refractivity contribution in [1.82, 2.24) is 16.0 Å². The predicted octanol–water partition coefficient (Wildman–Crippen LogP) is -0.679. The minimum Gasteiger partial charge on any atom is -0.394 e. The second-order valence-electron chi connectivity index (χ2n) is 5.64. The smallest absolute Gasteiger partial charge is 0.196 e. The largest absolute Gasteiger partial charge is 0.394 e. The van der Waals surface area contributed by atoms with Gasteiger partial charge in [-0.25, -0.2) is 4.99 Å². The molecule has 0 aromatic carbocycles. The molecule has 0 amide bonds. The maximum absolute atomic E-state index is 9.48. The van der Waals surface area contributed by atoms with Gasteiger partial charge in [-0.2, -0.15) is 0 Å². The van der Waals surface area contributed by atoms with Crippen LogP contribution in [0.4, 0.5) is 0 Å². The van der Waals surface area contributed by atoms with Gasteiger partial charge in [-0.15, -0.1) is 0 Å². The van der Waals surface area contributed by atoms with Crippen LogP contribution in [0.3, 0.4) is 0 Å². The number of nitrogens with zero attached hydrogens (tertiary/aromatic N) is 1. The second-order valence-corrected chi connectivity index (χ2v) is 5.64. The number of rotatable bonds is 2. The lowest BCUT2D eigenvalue weighted by atomic mass is 9.93. The zero-order valence-electron chi connectivity index (χ0n) is 11.3. The van der Waals surface area contributed by atoms with Gasteiger partial charge in [0.2, 0.25) is 0 Å². The van der Waals surface area contributed by atoms with E-state index in [1.165, 1.54) is 0 Å². The Kier molecular flexibility index (Phi) is 3.47. The van der Waals surface area contributed by atoms with Gasteiger partial charge >= 0.3 is 0 Å². The van der Waals surface area contributed by atoms with E-state index in [4.69, 9.17) is 9.73 Å². The Morgan fingerprint density at radius 2 is 2.32 bits per heavy atom. The first-order valence-corrected chi connectivity index (χ1v) is 6.96. The molecule has 0 saturated carbocycles. The number of guanidine groups is 1. The third-order valence-electron chi connectivity index (χ3n) is 4.21. The van der Waals surface area contributed by atoms with E-state index in [0.29, 0.717) is 6.04 Å². The number of aliphatic imine (C=N–C) groups is 1. The summed E-state index contributed by atoms with van der Waals surface area (Å²) in [6.45, 7) is 4.52. The highest BCUT2D eigenvalue weighted by atomic mass is 16.5. The van der Waals surface area contributed by atoms with Gasteiger partial charge in [0.15, 0.2) is 5.96 Å². The van der Waals surface area contributed by atoms with Gasteiger partial charge in [-0.3, -0.25) is 0 Å². The fourth-order valence-corrected chi connectivity index (χ4v) is 2.87. The van der Waals surface area contributed by atoms with Crippen molar-refractivity contribution < 1.29 is 9.84 Å². The Bertz CT molecular complexity index is 403. The molecule has 0 radical (unpaired) electrons. The van der Waals surface area contributed by atoms with E-state index in [1.807, 2.05) is 13.1 Å². The molecule has 2 fully saturated rings. The SMILES string of the molecule is CC1(CO)NCC2N=C(NC3CCOCC3)NC=C21. The maximum atomic E-state index is 9.48. The summed E-state index contributed by atoms with van der Waals surface area (Å²) in [5, 5.41) is 19.5. The van der Waals surface area contributed by atoms with Crippen LogP contribution in [-0.2, 0) is 4.74 Å². The van der Waals surface area contributed by atoms with E-state index in [2.05, 4.69) is 16.0 Å². The molecule has 3 rings (SSSR count). The lowest BCUT2D eigenvalue weighted by Crippen LogP contribution is -2.47. The van der Waals surface area contributed by atoms with Crippen LogP contribution in [0.2, 0.25) is 0 Å². The Hall–Kier alpha value is -1.11. The molecular weight excluding hydrogens is 244 g/mol. The van der Waals surface area contributed by atoms with Crippen LogP contribution < -0.4 is 16.0 Å². The molecule has 6 nitrogen and oxygen atoms in total. The quantitative estimate of drug-likeness (QED) is 0.533. The van der Waals surface area contributed by atoms with Gasteiger partial charge in [0.25, 0.3) is 0 Å². The molecular formula is C13H22N4O2. The van der Waals surface area contributed by atoms with E-state index in [0.717, 1.165) is 44.1 Å². The first-order valence-electron chi connectivity index (χ1n) is 6.96. The summed E-state index contributed by atoms with van der Waals surface area (Å²) < 4.78 is 5.35. The summed E-state index contributed by atoms with van der Waals surface area (Å²) >= 11 is 0. The van der Waals surface area contributed by atoms with Crippen LogP contribution in [-0.4, -0.2) is 55.1 Å². The summed E-state index contributed by atoms with van der Waals surface area (Å²) in [6, 6.07) is 0.564. The highest BCUT2D eigenvalue weighted by Crippen LogP contribution is 2.28. The van der Waals surface area contributed by atoms with Crippen LogP contribution in [0.1, 0.15) is 19.8 Å². The van der Waals surface area contributed by atoms with Gasteiger partial charge in [0.1, 0.15) is 0 Å². The van der Waals surface area contributed by atoms with E-state index in [9.17, 15) is 5.11 Å². The van der Waals surface area contributed by atoms with Crippen molar-refractivity contribution in [3.8, 4) is 0 Å². The van der Waals surface area contributed by atoms with Crippen molar-refractivity contribution in [3.63, 3.8) is 0 Å². The number of fused-ring (bicyclic) bond motifs is 1. The topological polar surface area (TPSA) is 77.9 Å². The molecule has 0 spiro atoms. The van der Waals surface area contributed by atoms with Crippen LogP contribution in [0, 0.1) is 0 Å². The fraction of sp³-hybridized carbons (Fsp3) is 0.769. The molecule has 2 atom stereocenters. The number of aliphatic hydroxyl groups excluding tert-OH is 1. The predicted molar refractivity (Wildman–Crippen MR) is 72.9 cm³/mol. The zero-order chi connectivity index (χ0) is 13.3. The normalized spacial score (nSPS) is 35.2. The molecule has 6 heteroatoms.